The van der Waals surface area contributed by atoms with Crippen molar-refractivity contribution in [2.75, 3.05) is 0 Å². The third kappa shape index (κ3) is 4.43. The van der Waals surface area contributed by atoms with Crippen LogP contribution in [-0.2, 0) is 12.8 Å². The highest BCUT2D eigenvalue weighted by molar-refractivity contribution is 5.77. The van der Waals surface area contributed by atoms with Crippen molar-refractivity contribution in [2.24, 2.45) is 5.92 Å². The van der Waals surface area contributed by atoms with Gasteiger partial charge in [0.2, 0.25) is 0 Å². The Kier molecular flexibility index (Phi) is 6.49. The first kappa shape index (κ1) is 20.5. The molecule has 0 amide bonds. The van der Waals surface area contributed by atoms with E-state index < -0.39 is 11.8 Å². The van der Waals surface area contributed by atoms with E-state index in [1.165, 1.54) is 16.7 Å². The van der Waals surface area contributed by atoms with Crippen LogP contribution in [0.2, 0.25) is 0 Å². The van der Waals surface area contributed by atoms with Crippen LogP contribution in [0.5, 0.6) is 0 Å². The lowest BCUT2D eigenvalue weighted by Gasteiger charge is -2.35. The molecule has 0 N–H and O–H groups in total. The van der Waals surface area contributed by atoms with E-state index in [2.05, 4.69) is 37.8 Å². The highest BCUT2D eigenvalue weighted by Gasteiger charge is 2.46. The molecule has 0 spiro atoms. The number of hydrogen-bond acceptors (Lipinski definition) is 0. The minimum absolute atomic E-state index is 0.192. The lowest BCUT2D eigenvalue weighted by molar-refractivity contribution is -0.0114. The van der Waals surface area contributed by atoms with Gasteiger partial charge in [-0.3, -0.25) is 0 Å². The van der Waals surface area contributed by atoms with Gasteiger partial charge in [0, 0.05) is 11.5 Å². The fourth-order valence-corrected chi connectivity index (χ4v) is 4.19. The van der Waals surface area contributed by atoms with E-state index in [4.69, 9.17) is 0 Å². The van der Waals surface area contributed by atoms with Gasteiger partial charge in [0.25, 0.3) is 5.92 Å². The molecule has 2 aromatic carbocycles. The summed E-state index contributed by atoms with van der Waals surface area (Å²) < 4.78 is 30.5. The van der Waals surface area contributed by atoms with E-state index in [-0.39, 0.29) is 5.57 Å². The van der Waals surface area contributed by atoms with Gasteiger partial charge in [-0.15, -0.1) is 0 Å². The molecule has 0 saturated heterocycles. The van der Waals surface area contributed by atoms with Crippen LogP contribution < -0.4 is 0 Å². The summed E-state index contributed by atoms with van der Waals surface area (Å²) in [7, 11) is 0. The molecule has 1 aliphatic rings. The van der Waals surface area contributed by atoms with Gasteiger partial charge < -0.3 is 0 Å². The normalized spacial score (nSPS) is 18.9. The lowest BCUT2D eigenvalue weighted by atomic mass is 9.76. The van der Waals surface area contributed by atoms with Gasteiger partial charge in [-0.1, -0.05) is 80.1 Å². The number of benzene rings is 2. The first-order valence-electron chi connectivity index (χ1n) is 10.3. The van der Waals surface area contributed by atoms with Crippen molar-refractivity contribution < 1.29 is 8.78 Å². The van der Waals surface area contributed by atoms with Crippen LogP contribution in [0.25, 0.3) is 5.57 Å². The van der Waals surface area contributed by atoms with Crippen LogP contribution in [-0.4, -0.2) is 5.92 Å². The second-order valence-corrected chi connectivity index (χ2v) is 7.93. The fraction of sp³-hybridized carbons (Fsp3) is 0.385. The van der Waals surface area contributed by atoms with Crippen molar-refractivity contribution in [1.82, 2.24) is 0 Å². The maximum Gasteiger partial charge on any atom is 0.276 e. The van der Waals surface area contributed by atoms with E-state index >= 15 is 8.78 Å². The van der Waals surface area contributed by atoms with Crippen molar-refractivity contribution in [3.05, 3.63) is 89.0 Å². The van der Waals surface area contributed by atoms with Crippen molar-refractivity contribution in [1.29, 1.82) is 0 Å². The average Bonchev–Trinajstić information content (AvgIpc) is 2.69. The molecular weight excluding hydrogens is 350 g/mol. The van der Waals surface area contributed by atoms with E-state index in [1.807, 2.05) is 31.2 Å². The Labute approximate surface area is 168 Å². The molecule has 0 heterocycles. The van der Waals surface area contributed by atoms with E-state index in [1.54, 1.807) is 6.08 Å². The van der Waals surface area contributed by atoms with E-state index in [9.17, 15) is 0 Å². The van der Waals surface area contributed by atoms with Gasteiger partial charge in [-0.25, -0.2) is 8.78 Å². The molecule has 0 bridgehead atoms. The standard InChI is InChI=1S/C26H30F2/c1-4-6-24-18-17-22(5-2)25(26(24,27)28)23-15-13-21(14-16-23)12-11-20-9-7-19(3)8-10-20/h5,7-10,13-16,24H,2,4,6,11-12,17-18H2,1,3H3. The molecule has 1 aliphatic carbocycles. The maximum atomic E-state index is 15.2. The average molecular weight is 381 g/mol. The second-order valence-electron chi connectivity index (χ2n) is 7.93. The molecule has 28 heavy (non-hydrogen) atoms. The maximum absolute atomic E-state index is 15.2. The summed E-state index contributed by atoms with van der Waals surface area (Å²) in [4.78, 5) is 0. The predicted octanol–water partition coefficient (Wildman–Crippen LogP) is 7.57. The van der Waals surface area contributed by atoms with Gasteiger partial charge in [0.15, 0.2) is 0 Å². The largest absolute Gasteiger partial charge is 0.276 e. The minimum atomic E-state index is -2.79. The van der Waals surface area contributed by atoms with Gasteiger partial charge in [-0.2, -0.15) is 0 Å². The highest BCUT2D eigenvalue weighted by atomic mass is 19.3. The molecule has 2 aromatic rings. The number of alkyl halides is 2. The van der Waals surface area contributed by atoms with E-state index in [0.717, 1.165) is 19.3 Å². The molecule has 1 unspecified atom stereocenters. The van der Waals surface area contributed by atoms with Crippen LogP contribution in [0.3, 0.4) is 0 Å². The summed E-state index contributed by atoms with van der Waals surface area (Å²) in [5.74, 6) is -3.36. The van der Waals surface area contributed by atoms with Crippen molar-refractivity contribution >= 4 is 5.57 Å². The number of rotatable bonds is 7. The SMILES string of the molecule is C=CC1=C(c2ccc(CCc3ccc(C)cc3)cc2)C(F)(F)C(CCC)CC1. The molecule has 3 rings (SSSR count). The number of allylic oxidation sites excluding steroid dienone is 3. The molecule has 0 aliphatic heterocycles. The first-order valence-corrected chi connectivity index (χ1v) is 10.3. The topological polar surface area (TPSA) is 0 Å². The number of halogens is 2. The van der Waals surface area contributed by atoms with Gasteiger partial charge in [-0.05, 0) is 61.3 Å². The quantitative estimate of drug-likeness (QED) is 0.465. The zero-order valence-corrected chi connectivity index (χ0v) is 17.0. The van der Waals surface area contributed by atoms with Crippen LogP contribution >= 0.6 is 0 Å². The monoisotopic (exact) mass is 380 g/mol. The Bertz CT molecular complexity index is 826. The molecule has 148 valence electrons. The molecule has 0 saturated carbocycles. The van der Waals surface area contributed by atoms with Crippen molar-refractivity contribution in [3.63, 3.8) is 0 Å². The molecule has 1 atom stereocenters. The smallest absolute Gasteiger partial charge is 0.201 e. The molecule has 2 heteroatoms. The summed E-state index contributed by atoms with van der Waals surface area (Å²) in [6.07, 6.45) is 6.07. The molecule has 0 radical (unpaired) electrons. The summed E-state index contributed by atoms with van der Waals surface area (Å²) >= 11 is 0. The van der Waals surface area contributed by atoms with Crippen molar-refractivity contribution in [2.45, 2.75) is 58.3 Å². The van der Waals surface area contributed by atoms with Crippen LogP contribution in [0, 0.1) is 12.8 Å². The third-order valence-corrected chi connectivity index (χ3v) is 5.88. The number of hydrogen-bond donors (Lipinski definition) is 0. The minimum Gasteiger partial charge on any atom is -0.201 e. The zero-order valence-electron chi connectivity index (χ0n) is 17.0. The third-order valence-electron chi connectivity index (χ3n) is 5.88. The summed E-state index contributed by atoms with van der Waals surface area (Å²) in [5, 5.41) is 0. The summed E-state index contributed by atoms with van der Waals surface area (Å²) in [5.41, 5.74) is 5.26. The molecular formula is C26H30F2. The Hall–Kier alpha value is -2.22. The molecule has 0 nitrogen and oxygen atoms in total. The van der Waals surface area contributed by atoms with Crippen LogP contribution in [0.1, 0.15) is 54.9 Å². The fourth-order valence-electron chi connectivity index (χ4n) is 4.19. The summed E-state index contributed by atoms with van der Waals surface area (Å²) in [6, 6.07) is 16.3. The van der Waals surface area contributed by atoms with Crippen LogP contribution in [0.4, 0.5) is 8.78 Å². The van der Waals surface area contributed by atoms with Gasteiger partial charge in [0.1, 0.15) is 0 Å². The summed E-state index contributed by atoms with van der Waals surface area (Å²) in [6.45, 7) is 7.85. The Balaban J connectivity index is 1.79. The Morgan fingerprint density at radius 2 is 1.57 bits per heavy atom. The first-order chi connectivity index (χ1) is 13.5. The second kappa shape index (κ2) is 8.86. The Morgan fingerprint density at radius 3 is 2.11 bits per heavy atom. The predicted molar refractivity (Wildman–Crippen MR) is 115 cm³/mol. The number of aryl methyl sites for hydroxylation is 3. The van der Waals surface area contributed by atoms with Gasteiger partial charge in [0.05, 0.1) is 0 Å². The molecule has 0 aromatic heterocycles. The highest BCUT2D eigenvalue weighted by Crippen LogP contribution is 2.49. The molecule has 0 fully saturated rings. The Morgan fingerprint density at radius 1 is 1.00 bits per heavy atom. The van der Waals surface area contributed by atoms with E-state index in [0.29, 0.717) is 30.4 Å². The van der Waals surface area contributed by atoms with Crippen molar-refractivity contribution in [3.8, 4) is 0 Å². The lowest BCUT2D eigenvalue weighted by Crippen LogP contribution is -2.33. The zero-order chi connectivity index (χ0) is 20.1. The van der Waals surface area contributed by atoms with Crippen LogP contribution in [0.15, 0.2) is 66.8 Å². The van der Waals surface area contributed by atoms with Gasteiger partial charge >= 0.3 is 0 Å².